The van der Waals surface area contributed by atoms with Crippen LogP contribution in [-0.2, 0) is 14.9 Å². The van der Waals surface area contributed by atoms with Gasteiger partial charge in [0.05, 0.1) is 13.2 Å². The maximum absolute atomic E-state index is 12.2. The van der Waals surface area contributed by atoms with Crippen LogP contribution in [0.4, 0.5) is 5.69 Å². The molecule has 1 saturated heterocycles. The van der Waals surface area contributed by atoms with Gasteiger partial charge in [-0.05, 0) is 18.2 Å². The first-order valence-corrected chi connectivity index (χ1v) is 7.46. The second-order valence-corrected chi connectivity index (χ2v) is 6.52. The summed E-state index contributed by atoms with van der Waals surface area (Å²) in [5.74, 6) is 0.590. The quantitative estimate of drug-likeness (QED) is 0.888. The number of nitrogens with zero attached hydrogens (tertiary/aromatic N) is 1. The Hall–Kier alpha value is -1.92. The zero-order chi connectivity index (χ0) is 15.7. The van der Waals surface area contributed by atoms with Gasteiger partial charge in [-0.1, -0.05) is 20.8 Å². The Labute approximate surface area is 129 Å². The van der Waals surface area contributed by atoms with Gasteiger partial charge in [-0.2, -0.15) is 0 Å². The molecule has 6 nitrogen and oxygen atoms in total. The van der Waals surface area contributed by atoms with Crippen molar-refractivity contribution in [3.8, 4) is 0 Å². The zero-order valence-corrected chi connectivity index (χ0v) is 13.1. The van der Waals surface area contributed by atoms with Gasteiger partial charge in [-0.25, -0.2) is 4.98 Å². The highest BCUT2D eigenvalue weighted by Crippen LogP contribution is 2.27. The summed E-state index contributed by atoms with van der Waals surface area (Å²) >= 11 is 0. The Morgan fingerprint density at radius 1 is 1.41 bits per heavy atom. The largest absolute Gasteiger partial charge is 0.440 e. The van der Waals surface area contributed by atoms with Gasteiger partial charge in [-0.3, -0.25) is 4.79 Å². The highest BCUT2D eigenvalue weighted by Gasteiger charge is 2.23. The highest BCUT2D eigenvalue weighted by atomic mass is 16.5. The molecule has 3 rings (SSSR count). The third-order valence-electron chi connectivity index (χ3n) is 3.53. The van der Waals surface area contributed by atoms with Crippen molar-refractivity contribution >= 4 is 22.7 Å². The van der Waals surface area contributed by atoms with Gasteiger partial charge in [0.25, 0.3) is 0 Å². The van der Waals surface area contributed by atoms with Crippen molar-refractivity contribution in [3.63, 3.8) is 0 Å². The lowest BCUT2D eigenvalue weighted by atomic mass is 9.97. The average molecular weight is 303 g/mol. The number of ether oxygens (including phenoxy) is 1. The van der Waals surface area contributed by atoms with Crippen LogP contribution < -0.4 is 10.6 Å². The van der Waals surface area contributed by atoms with Gasteiger partial charge < -0.3 is 19.8 Å². The van der Waals surface area contributed by atoms with Crippen molar-refractivity contribution in [2.24, 2.45) is 0 Å². The number of rotatable bonds is 2. The molecule has 1 aliphatic heterocycles. The maximum atomic E-state index is 12.2. The minimum absolute atomic E-state index is 0.0985. The lowest BCUT2D eigenvalue weighted by Gasteiger charge is -2.22. The molecule has 1 unspecified atom stereocenters. The van der Waals surface area contributed by atoms with E-state index in [-0.39, 0.29) is 17.4 Å². The van der Waals surface area contributed by atoms with E-state index in [0.29, 0.717) is 31.3 Å². The van der Waals surface area contributed by atoms with Crippen molar-refractivity contribution in [1.82, 2.24) is 10.3 Å². The normalized spacial score (nSPS) is 19.3. The van der Waals surface area contributed by atoms with E-state index in [2.05, 4.69) is 36.4 Å². The second kappa shape index (κ2) is 5.70. The Morgan fingerprint density at radius 2 is 2.23 bits per heavy atom. The lowest BCUT2D eigenvalue weighted by molar-refractivity contribution is -0.120. The maximum Gasteiger partial charge on any atom is 0.243 e. The summed E-state index contributed by atoms with van der Waals surface area (Å²) in [5.41, 5.74) is 2.03. The topological polar surface area (TPSA) is 76.4 Å². The molecule has 1 fully saturated rings. The number of hydrogen-bond acceptors (Lipinski definition) is 5. The molecular formula is C16H21N3O3. The van der Waals surface area contributed by atoms with Crippen LogP contribution in [0.15, 0.2) is 22.6 Å². The molecule has 6 heteroatoms. The molecule has 1 aliphatic rings. The van der Waals surface area contributed by atoms with E-state index in [1.54, 1.807) is 0 Å². The molecule has 2 heterocycles. The number of morpholine rings is 1. The van der Waals surface area contributed by atoms with Gasteiger partial charge in [0.1, 0.15) is 11.6 Å². The minimum atomic E-state index is -0.313. The van der Waals surface area contributed by atoms with Gasteiger partial charge in [0.2, 0.25) is 11.8 Å². The second-order valence-electron chi connectivity index (χ2n) is 6.52. The molecule has 1 aromatic carbocycles. The number of carbonyl (C=O) groups is 1. The minimum Gasteiger partial charge on any atom is -0.440 e. The van der Waals surface area contributed by atoms with Crippen LogP contribution in [0.1, 0.15) is 26.7 Å². The predicted octanol–water partition coefficient (Wildman–Crippen LogP) is 2.05. The van der Waals surface area contributed by atoms with E-state index < -0.39 is 0 Å². The Balaban J connectivity index is 1.78. The summed E-state index contributed by atoms with van der Waals surface area (Å²) in [4.78, 5) is 16.7. The molecule has 0 aliphatic carbocycles. The summed E-state index contributed by atoms with van der Waals surface area (Å²) < 4.78 is 11.1. The van der Waals surface area contributed by atoms with E-state index in [1.807, 2.05) is 18.2 Å². The predicted molar refractivity (Wildman–Crippen MR) is 83.9 cm³/mol. The van der Waals surface area contributed by atoms with E-state index in [4.69, 9.17) is 9.15 Å². The monoisotopic (exact) mass is 303 g/mol. The first kappa shape index (κ1) is 15.0. The molecule has 1 atom stereocenters. The van der Waals surface area contributed by atoms with E-state index in [1.165, 1.54) is 0 Å². The first-order chi connectivity index (χ1) is 10.4. The third kappa shape index (κ3) is 3.13. The summed E-state index contributed by atoms with van der Waals surface area (Å²) in [6, 6.07) is 5.17. The number of hydrogen-bond donors (Lipinski definition) is 2. The van der Waals surface area contributed by atoms with E-state index in [9.17, 15) is 4.79 Å². The highest BCUT2D eigenvalue weighted by molar-refractivity contribution is 5.96. The molecule has 22 heavy (non-hydrogen) atoms. The number of carbonyl (C=O) groups excluding carboxylic acids is 1. The van der Waals surface area contributed by atoms with Crippen LogP contribution in [0.25, 0.3) is 11.1 Å². The van der Waals surface area contributed by atoms with Gasteiger partial charge in [0.15, 0.2) is 5.58 Å². The fourth-order valence-electron chi connectivity index (χ4n) is 2.29. The van der Waals surface area contributed by atoms with E-state index >= 15 is 0 Å². The Bertz CT molecular complexity index is 681. The van der Waals surface area contributed by atoms with Crippen molar-refractivity contribution in [2.45, 2.75) is 32.2 Å². The van der Waals surface area contributed by atoms with Crippen molar-refractivity contribution in [1.29, 1.82) is 0 Å². The van der Waals surface area contributed by atoms with E-state index in [0.717, 1.165) is 11.1 Å². The molecule has 2 aromatic rings. The average Bonchev–Trinajstić information content (AvgIpc) is 2.91. The number of fused-ring (bicyclic) bond motifs is 1. The smallest absolute Gasteiger partial charge is 0.243 e. The van der Waals surface area contributed by atoms with Crippen LogP contribution in [0.3, 0.4) is 0 Å². The number of anilines is 1. The van der Waals surface area contributed by atoms with Crippen LogP contribution >= 0.6 is 0 Å². The number of nitrogens with one attached hydrogen (secondary N) is 2. The zero-order valence-electron chi connectivity index (χ0n) is 13.1. The van der Waals surface area contributed by atoms with Crippen LogP contribution in [0, 0.1) is 0 Å². The molecule has 1 amide bonds. The Kier molecular flexibility index (Phi) is 3.88. The molecule has 0 radical (unpaired) electrons. The van der Waals surface area contributed by atoms with Crippen LogP contribution in [0.5, 0.6) is 0 Å². The molecule has 0 bridgehead atoms. The van der Waals surface area contributed by atoms with Crippen molar-refractivity contribution in [2.75, 3.05) is 25.1 Å². The fraction of sp³-hybridized carbons (Fsp3) is 0.500. The SMILES string of the molecule is CC(C)(C)c1nc2cc(NC(=O)C3COCCN3)ccc2o1. The number of benzene rings is 1. The van der Waals surface area contributed by atoms with Gasteiger partial charge in [-0.15, -0.1) is 0 Å². The molecular weight excluding hydrogens is 282 g/mol. The third-order valence-corrected chi connectivity index (χ3v) is 3.53. The number of amides is 1. The molecule has 2 N–H and O–H groups in total. The van der Waals surface area contributed by atoms with Crippen molar-refractivity contribution < 1.29 is 13.9 Å². The summed E-state index contributed by atoms with van der Waals surface area (Å²) in [6.07, 6.45) is 0. The number of aromatic nitrogens is 1. The fourth-order valence-corrected chi connectivity index (χ4v) is 2.29. The Morgan fingerprint density at radius 3 is 2.91 bits per heavy atom. The summed E-state index contributed by atoms with van der Waals surface area (Å²) in [6.45, 7) is 7.88. The molecule has 1 aromatic heterocycles. The van der Waals surface area contributed by atoms with Crippen LogP contribution in [0.2, 0.25) is 0 Å². The van der Waals surface area contributed by atoms with Crippen LogP contribution in [-0.4, -0.2) is 36.7 Å². The summed E-state index contributed by atoms with van der Waals surface area (Å²) in [7, 11) is 0. The van der Waals surface area contributed by atoms with Gasteiger partial charge >= 0.3 is 0 Å². The standard InChI is InChI=1S/C16H21N3O3/c1-16(2,3)15-19-11-8-10(4-5-13(11)22-15)18-14(20)12-9-21-7-6-17-12/h4-5,8,12,17H,6-7,9H2,1-3H3,(H,18,20). The van der Waals surface area contributed by atoms with Gasteiger partial charge in [0, 0.05) is 17.6 Å². The first-order valence-electron chi connectivity index (χ1n) is 7.46. The summed E-state index contributed by atoms with van der Waals surface area (Å²) in [5, 5.41) is 6.02. The molecule has 0 saturated carbocycles. The van der Waals surface area contributed by atoms with Crippen molar-refractivity contribution in [3.05, 3.63) is 24.1 Å². The molecule has 118 valence electrons. The lowest BCUT2D eigenvalue weighted by Crippen LogP contribution is -2.48. The number of oxazole rings is 1. The molecule has 0 spiro atoms.